The molecule has 0 saturated carbocycles. The molecule has 33 nitrogen and oxygen atoms in total. The van der Waals surface area contributed by atoms with Gasteiger partial charge in [-0.1, -0.05) is 59.5 Å². The molecular weight excluding hydrogens is 1400 g/mol. The minimum atomic E-state index is -1.59. The molecule has 1 heterocycles. The molecule has 5 unspecified atom stereocenters. The molecule has 2 aromatic rings. The van der Waals surface area contributed by atoms with Crippen LogP contribution in [0.2, 0.25) is 0 Å². The van der Waals surface area contributed by atoms with Crippen molar-refractivity contribution < 1.29 is 103 Å². The minimum absolute atomic E-state index is 0.0398. The van der Waals surface area contributed by atoms with E-state index in [0.717, 1.165) is 22.0 Å². The van der Waals surface area contributed by atoms with Crippen LogP contribution in [0.4, 0.5) is 10.5 Å². The monoisotopic (exact) mass is 1490 g/mol. The quantitative estimate of drug-likeness (QED) is 0.0333. The topological polar surface area (TPSA) is 493 Å². The summed E-state index contributed by atoms with van der Waals surface area (Å²) in [5, 5.41) is 98.3. The zero-order valence-corrected chi connectivity index (χ0v) is 58.4. The second-order valence-electron chi connectivity index (χ2n) is 24.3. The zero-order valence-electron chi connectivity index (χ0n) is 56.0. The van der Waals surface area contributed by atoms with Crippen molar-refractivity contribution in [3.8, 4) is 0 Å². The average Bonchev–Trinajstić information content (AvgIpc) is 0.866. The van der Waals surface area contributed by atoms with Gasteiger partial charge >= 0.3 is 53.8 Å². The summed E-state index contributed by atoms with van der Waals surface area (Å²) in [6.07, 6.45) is 5.04. The van der Waals surface area contributed by atoms with Crippen molar-refractivity contribution in [3.05, 3.63) is 64.1 Å². The first-order valence-corrected chi connectivity index (χ1v) is 34.5. The van der Waals surface area contributed by atoms with Crippen LogP contribution < -0.4 is 42.5 Å². The molecule has 100 heavy (non-hydrogen) atoms. The molecule has 5 atom stereocenters. The largest absolute Gasteiger partial charge is 0.481 e. The number of amides is 6. The summed E-state index contributed by atoms with van der Waals surface area (Å²) < 4.78 is 0.958. The summed E-state index contributed by atoms with van der Waals surface area (Å²) in [7, 11) is 0. The zero-order chi connectivity index (χ0) is 73.9. The number of halogens is 1. The van der Waals surface area contributed by atoms with Gasteiger partial charge in [0, 0.05) is 107 Å². The van der Waals surface area contributed by atoms with Crippen molar-refractivity contribution >= 4 is 116 Å². The second-order valence-corrected chi connectivity index (χ2v) is 25.7. The standard InChI is InChI=1S/C65H97BrN12O21S/c66-45-20-16-43(17-21-45)11-10-15-52(79)67-29-8-6-13-49(61(93)94)72-60(92)48(71-54(81)14-4-2-1-3-7-28-68-53(80)26-24-50(62(95)96)73-64(99)74-51(63(97)98)25-27-55(82)83)12-5-9-30-69-65(100)70-46-22-18-44(19-23-46)37-47-38-77(41-58(88)89)34-33-75(39-56(84)85)31-32-76(40-57(86)87)35-36-78(47)42-59(90)91/h16-23,47-51H,1-15,24-42H2,(H,67,79)(H,68,80)(H,71,81)(H,72,92)(H,82,83)(H,84,85)(H,86,87)(H,88,89)(H,90,91)(H,93,94)(H,95,96)(H,97,98)(H2,69,70,100)(H2,73,74,99). The molecule has 1 aliphatic heterocycles. The Kier molecular flexibility index (Phi) is 41.2. The van der Waals surface area contributed by atoms with E-state index in [9.17, 15) is 98.1 Å². The summed E-state index contributed by atoms with van der Waals surface area (Å²) in [6.45, 7) is 0.290. The van der Waals surface area contributed by atoms with Crippen LogP contribution in [0, 0.1) is 0 Å². The SMILES string of the molecule is O=C(O)CCC(NC(=O)NC(CCC(=O)NCCCCCCCC(=O)NC(CCCCNC(=S)Nc1ccc(CC2CN(CC(=O)O)CCN(CC(=O)O)CCN(CC(=O)O)CCN2CC(=O)O)cc1)C(=O)NC(CCCCNC(=O)CCCc1ccc(Br)cc1)C(=O)O)C(=O)O)C(=O)O. The molecule has 0 radical (unpaired) electrons. The predicted octanol–water partition coefficient (Wildman–Crippen LogP) is 2.05. The van der Waals surface area contributed by atoms with Crippen molar-refractivity contribution in [1.29, 1.82) is 0 Å². The van der Waals surface area contributed by atoms with Gasteiger partial charge in [-0.3, -0.25) is 62.8 Å². The van der Waals surface area contributed by atoms with Crippen LogP contribution in [0.3, 0.4) is 0 Å². The van der Waals surface area contributed by atoms with Gasteiger partial charge in [0.05, 0.1) is 26.2 Å². The molecule has 1 aliphatic rings. The lowest BCUT2D eigenvalue weighted by Crippen LogP contribution is -2.53. The van der Waals surface area contributed by atoms with Crippen molar-refractivity contribution in [2.75, 3.05) is 96.9 Å². The number of carbonyl (C=O) groups is 13. The Morgan fingerprint density at radius 1 is 0.430 bits per heavy atom. The normalized spacial score (nSPS) is 15.3. The van der Waals surface area contributed by atoms with Crippen molar-refractivity contribution in [2.24, 2.45) is 0 Å². The molecule has 3 rings (SSSR count). The number of nitrogens with zero attached hydrogens (tertiary/aromatic N) is 4. The van der Waals surface area contributed by atoms with Crippen molar-refractivity contribution in [3.63, 3.8) is 0 Å². The predicted molar refractivity (Wildman–Crippen MR) is 370 cm³/mol. The molecule has 0 bridgehead atoms. The first-order valence-electron chi connectivity index (χ1n) is 33.3. The molecule has 35 heteroatoms. The van der Waals surface area contributed by atoms with E-state index in [-0.39, 0.29) is 115 Å². The third kappa shape index (κ3) is 39.2. The van der Waals surface area contributed by atoms with Crippen molar-refractivity contribution in [2.45, 2.75) is 159 Å². The fourth-order valence-corrected chi connectivity index (χ4v) is 11.3. The number of thiocarbonyl (C=S) groups is 1. The summed E-state index contributed by atoms with van der Waals surface area (Å²) >= 11 is 8.99. The van der Waals surface area contributed by atoms with E-state index in [1.807, 2.05) is 29.6 Å². The number of aryl methyl sites for hydroxylation is 1. The first kappa shape index (κ1) is 85.6. The third-order valence-electron chi connectivity index (χ3n) is 16.2. The fourth-order valence-electron chi connectivity index (χ4n) is 10.8. The highest BCUT2D eigenvalue weighted by atomic mass is 79.9. The Morgan fingerprint density at radius 2 is 0.880 bits per heavy atom. The Hall–Kier alpha value is -8.64. The molecule has 6 amide bonds. The smallest absolute Gasteiger partial charge is 0.326 e. The number of rotatable bonds is 47. The maximum atomic E-state index is 13.8. The molecule has 2 aromatic carbocycles. The lowest BCUT2D eigenvalue weighted by Gasteiger charge is -2.37. The summed E-state index contributed by atoms with van der Waals surface area (Å²) in [5.41, 5.74) is 2.44. The minimum Gasteiger partial charge on any atom is -0.481 e. The maximum absolute atomic E-state index is 13.8. The highest BCUT2D eigenvalue weighted by Gasteiger charge is 2.30. The Balaban J connectivity index is 1.58. The van der Waals surface area contributed by atoms with Crippen molar-refractivity contribution in [1.82, 2.24) is 56.8 Å². The molecule has 0 aromatic heterocycles. The molecular formula is C65H97BrN12O21S. The summed E-state index contributed by atoms with van der Waals surface area (Å²) in [4.78, 5) is 165. The van der Waals surface area contributed by atoms with Gasteiger partial charge in [-0.2, -0.15) is 0 Å². The van der Waals surface area contributed by atoms with Crippen LogP contribution in [0.15, 0.2) is 53.0 Å². The third-order valence-corrected chi connectivity index (χ3v) is 16.9. The first-order chi connectivity index (χ1) is 47.5. The lowest BCUT2D eigenvalue weighted by atomic mass is 10.0. The van der Waals surface area contributed by atoms with Gasteiger partial charge in [0.2, 0.25) is 23.6 Å². The van der Waals surface area contributed by atoms with Gasteiger partial charge in [0.15, 0.2) is 5.11 Å². The number of hydrogen-bond donors (Lipinski definition) is 16. The van der Waals surface area contributed by atoms with E-state index >= 15 is 0 Å². The number of anilines is 1. The molecule has 556 valence electrons. The number of carboxylic acids is 8. The van der Waals surface area contributed by atoms with E-state index in [1.165, 1.54) is 0 Å². The van der Waals surface area contributed by atoms with Gasteiger partial charge in [-0.25, -0.2) is 19.2 Å². The van der Waals surface area contributed by atoms with E-state index in [1.54, 1.807) is 43.9 Å². The number of benzene rings is 2. The average molecular weight is 1490 g/mol. The Bertz CT molecular complexity index is 3010. The summed E-state index contributed by atoms with van der Waals surface area (Å²) in [6, 6.07) is 7.62. The molecule has 0 aliphatic carbocycles. The maximum Gasteiger partial charge on any atom is 0.326 e. The Morgan fingerprint density at radius 3 is 1.43 bits per heavy atom. The second kappa shape index (κ2) is 48.2. The van der Waals surface area contributed by atoms with Gasteiger partial charge in [-0.05, 0) is 131 Å². The molecule has 1 saturated heterocycles. The van der Waals surface area contributed by atoms with Gasteiger partial charge in [0.25, 0.3) is 0 Å². The van der Waals surface area contributed by atoms with Gasteiger partial charge < -0.3 is 83.4 Å². The van der Waals surface area contributed by atoms with E-state index in [2.05, 4.69) is 53.1 Å². The van der Waals surface area contributed by atoms with Crippen LogP contribution in [0.5, 0.6) is 0 Å². The van der Waals surface area contributed by atoms with Crippen LogP contribution in [-0.2, 0) is 70.4 Å². The van der Waals surface area contributed by atoms with Crippen LogP contribution in [0.25, 0.3) is 0 Å². The number of urea groups is 1. The fraction of sp³-hybridized carbons (Fsp3) is 0.600. The lowest BCUT2D eigenvalue weighted by molar-refractivity contribution is -0.142. The van der Waals surface area contributed by atoms with E-state index in [4.69, 9.17) is 17.3 Å². The number of unbranched alkanes of at least 4 members (excludes halogenated alkanes) is 6. The number of hydrogen-bond acceptors (Lipinski definition) is 18. The van der Waals surface area contributed by atoms with E-state index in [0.29, 0.717) is 89.4 Å². The van der Waals surface area contributed by atoms with Crippen LogP contribution in [-0.4, -0.2) is 265 Å². The van der Waals surface area contributed by atoms with Crippen LogP contribution >= 0.6 is 28.1 Å². The summed E-state index contributed by atoms with van der Waals surface area (Å²) in [5.74, 6) is -11.8. The van der Waals surface area contributed by atoms with Gasteiger partial charge in [0.1, 0.15) is 24.2 Å². The number of nitrogens with one attached hydrogen (secondary N) is 8. The van der Waals surface area contributed by atoms with E-state index < -0.39 is 128 Å². The Labute approximate surface area is 593 Å². The molecule has 1 fully saturated rings. The molecule has 0 spiro atoms. The molecule has 16 N–H and O–H groups in total. The number of carbonyl (C=O) groups excluding carboxylic acids is 5. The number of carboxylic acid groups (broad SMARTS) is 8. The van der Waals surface area contributed by atoms with Gasteiger partial charge in [-0.15, -0.1) is 0 Å². The highest BCUT2D eigenvalue weighted by Crippen LogP contribution is 2.18. The number of aliphatic carboxylic acids is 8. The van der Waals surface area contributed by atoms with Crippen LogP contribution in [0.1, 0.15) is 127 Å². The highest BCUT2D eigenvalue weighted by molar-refractivity contribution is 9.10.